The highest BCUT2D eigenvalue weighted by Gasteiger charge is 2.38. The molecule has 0 atom stereocenters. The van der Waals surface area contributed by atoms with Crippen molar-refractivity contribution in [3.05, 3.63) is 94.3 Å². The summed E-state index contributed by atoms with van der Waals surface area (Å²) in [6, 6.07) is 15.4. The average Bonchev–Trinajstić information content (AvgIpc) is 3.03. The quantitative estimate of drug-likeness (QED) is 0.465. The van der Waals surface area contributed by atoms with E-state index < -0.39 is 36.1 Å². The van der Waals surface area contributed by atoms with E-state index in [4.69, 9.17) is 16.3 Å². The summed E-state index contributed by atoms with van der Waals surface area (Å²) in [5.41, 5.74) is 0.733. The molecule has 160 valence electrons. The first-order chi connectivity index (χ1) is 15.3. The molecular formula is C23H14ClFN2O5. The lowest BCUT2D eigenvalue weighted by molar-refractivity contribution is -0.119. The standard InChI is InChI=1S/C23H14ClFN2O5/c24-18-3-1-2-4-19(18)27-21(29)16-10-5-13(11-17(16)22(27)30)23(31)32-12-20(28)26-15-8-6-14(25)7-9-15/h1-11H,12H2,(H,26,28). The summed E-state index contributed by atoms with van der Waals surface area (Å²) < 4.78 is 17.9. The Morgan fingerprint density at radius 2 is 1.62 bits per heavy atom. The topological polar surface area (TPSA) is 92.8 Å². The fraction of sp³-hybridized carbons (Fsp3) is 0.0435. The molecule has 0 radical (unpaired) electrons. The molecule has 1 N–H and O–H groups in total. The minimum atomic E-state index is -0.849. The number of esters is 1. The van der Waals surface area contributed by atoms with Gasteiger partial charge in [-0.3, -0.25) is 14.4 Å². The second-order valence-corrected chi connectivity index (χ2v) is 7.20. The van der Waals surface area contributed by atoms with E-state index >= 15 is 0 Å². The molecule has 32 heavy (non-hydrogen) atoms. The van der Waals surface area contributed by atoms with Crippen LogP contribution in [-0.2, 0) is 9.53 Å². The van der Waals surface area contributed by atoms with Crippen molar-refractivity contribution < 1.29 is 28.3 Å². The Bertz CT molecular complexity index is 1260. The number of nitrogens with one attached hydrogen (secondary N) is 1. The minimum Gasteiger partial charge on any atom is -0.452 e. The molecule has 0 spiro atoms. The second-order valence-electron chi connectivity index (χ2n) is 6.79. The average molecular weight is 453 g/mol. The van der Waals surface area contributed by atoms with Gasteiger partial charge >= 0.3 is 5.97 Å². The van der Waals surface area contributed by atoms with Crippen LogP contribution in [0.2, 0.25) is 5.02 Å². The highest BCUT2D eigenvalue weighted by atomic mass is 35.5. The molecule has 0 aliphatic carbocycles. The van der Waals surface area contributed by atoms with Gasteiger partial charge in [-0.05, 0) is 54.6 Å². The van der Waals surface area contributed by atoms with Gasteiger partial charge in [0.15, 0.2) is 6.61 Å². The van der Waals surface area contributed by atoms with Crippen LogP contribution in [0, 0.1) is 5.82 Å². The summed E-state index contributed by atoms with van der Waals surface area (Å²) in [6.07, 6.45) is 0. The fourth-order valence-electron chi connectivity index (χ4n) is 3.16. The van der Waals surface area contributed by atoms with E-state index in [1.54, 1.807) is 24.3 Å². The maximum Gasteiger partial charge on any atom is 0.338 e. The summed E-state index contributed by atoms with van der Waals surface area (Å²) >= 11 is 6.12. The number of amides is 3. The van der Waals surface area contributed by atoms with Crippen molar-refractivity contribution in [3.63, 3.8) is 0 Å². The number of halogens is 2. The van der Waals surface area contributed by atoms with Crippen LogP contribution in [0.4, 0.5) is 15.8 Å². The van der Waals surface area contributed by atoms with Crippen molar-refractivity contribution in [2.75, 3.05) is 16.8 Å². The maximum absolute atomic E-state index is 12.9. The molecule has 1 aliphatic rings. The summed E-state index contributed by atoms with van der Waals surface area (Å²) in [6.45, 7) is -0.591. The molecule has 0 saturated carbocycles. The lowest BCUT2D eigenvalue weighted by atomic mass is 10.1. The Balaban J connectivity index is 1.46. The molecule has 1 heterocycles. The Labute approximate surface area is 186 Å². The van der Waals surface area contributed by atoms with Crippen LogP contribution in [0.1, 0.15) is 31.1 Å². The lowest BCUT2D eigenvalue weighted by Gasteiger charge is -2.15. The second kappa shape index (κ2) is 8.60. The van der Waals surface area contributed by atoms with Crippen LogP contribution in [0.15, 0.2) is 66.7 Å². The number of ether oxygens (including phenoxy) is 1. The molecule has 3 aromatic carbocycles. The number of benzene rings is 3. The van der Waals surface area contributed by atoms with E-state index in [9.17, 15) is 23.6 Å². The largest absolute Gasteiger partial charge is 0.452 e. The molecular weight excluding hydrogens is 439 g/mol. The Hall–Kier alpha value is -4.04. The number of nitrogens with zero attached hydrogens (tertiary/aromatic N) is 1. The van der Waals surface area contributed by atoms with Crippen LogP contribution in [0.25, 0.3) is 0 Å². The fourth-order valence-corrected chi connectivity index (χ4v) is 3.38. The molecule has 0 saturated heterocycles. The van der Waals surface area contributed by atoms with Gasteiger partial charge in [0.1, 0.15) is 5.82 Å². The predicted octanol–water partition coefficient (Wildman–Crippen LogP) is 4.08. The molecule has 1 aliphatic heterocycles. The van der Waals surface area contributed by atoms with Gasteiger partial charge in [0.2, 0.25) is 0 Å². The number of para-hydroxylation sites is 1. The minimum absolute atomic E-state index is 0.000454. The number of hydrogen-bond donors (Lipinski definition) is 1. The maximum atomic E-state index is 12.9. The Kier molecular flexibility index (Phi) is 5.70. The van der Waals surface area contributed by atoms with E-state index in [1.165, 1.54) is 42.5 Å². The molecule has 0 aromatic heterocycles. The molecule has 7 nitrogen and oxygen atoms in total. The third-order valence-electron chi connectivity index (χ3n) is 4.68. The van der Waals surface area contributed by atoms with Gasteiger partial charge in [-0.25, -0.2) is 14.1 Å². The lowest BCUT2D eigenvalue weighted by Crippen LogP contribution is -2.29. The van der Waals surface area contributed by atoms with Crippen LogP contribution >= 0.6 is 11.6 Å². The van der Waals surface area contributed by atoms with Crippen molar-refractivity contribution in [3.8, 4) is 0 Å². The molecule has 0 unspecified atom stereocenters. The first kappa shape index (κ1) is 21.2. The van der Waals surface area contributed by atoms with Crippen molar-refractivity contribution in [1.29, 1.82) is 0 Å². The number of rotatable bonds is 5. The molecule has 9 heteroatoms. The van der Waals surface area contributed by atoms with E-state index in [-0.39, 0.29) is 27.4 Å². The van der Waals surface area contributed by atoms with Gasteiger partial charge in [-0.1, -0.05) is 23.7 Å². The monoisotopic (exact) mass is 452 g/mol. The highest BCUT2D eigenvalue weighted by Crippen LogP contribution is 2.33. The molecule has 0 fully saturated rings. The zero-order valence-electron chi connectivity index (χ0n) is 16.3. The third-order valence-corrected chi connectivity index (χ3v) is 5.00. The highest BCUT2D eigenvalue weighted by molar-refractivity contribution is 6.39. The smallest absolute Gasteiger partial charge is 0.338 e. The number of hydrogen-bond acceptors (Lipinski definition) is 5. The molecule has 3 amide bonds. The first-order valence-corrected chi connectivity index (χ1v) is 9.73. The SMILES string of the molecule is O=C(COC(=O)c1ccc2c(c1)C(=O)N(c1ccccc1Cl)C2=O)Nc1ccc(F)cc1. The number of fused-ring (bicyclic) bond motifs is 1. The summed E-state index contributed by atoms with van der Waals surface area (Å²) in [4.78, 5) is 50.8. The van der Waals surface area contributed by atoms with Crippen LogP contribution in [-0.4, -0.2) is 30.3 Å². The summed E-state index contributed by atoms with van der Waals surface area (Å²) in [5, 5.41) is 2.69. The van der Waals surface area contributed by atoms with Gasteiger partial charge in [-0.15, -0.1) is 0 Å². The van der Waals surface area contributed by atoms with E-state index in [1.807, 2.05) is 0 Å². The number of carbonyl (C=O) groups is 4. The predicted molar refractivity (Wildman–Crippen MR) is 114 cm³/mol. The van der Waals surface area contributed by atoms with E-state index in [0.29, 0.717) is 5.69 Å². The third kappa shape index (κ3) is 4.08. The Morgan fingerprint density at radius 1 is 0.938 bits per heavy atom. The number of anilines is 2. The van der Waals surface area contributed by atoms with Crippen molar-refractivity contribution in [2.45, 2.75) is 0 Å². The zero-order valence-corrected chi connectivity index (χ0v) is 17.1. The van der Waals surface area contributed by atoms with Gasteiger partial charge in [0, 0.05) is 5.69 Å². The van der Waals surface area contributed by atoms with Crippen molar-refractivity contribution in [1.82, 2.24) is 0 Å². The Morgan fingerprint density at radius 3 is 2.34 bits per heavy atom. The van der Waals surface area contributed by atoms with Crippen LogP contribution < -0.4 is 10.2 Å². The summed E-state index contributed by atoms with van der Waals surface area (Å²) in [5.74, 6) is -3.11. The van der Waals surface area contributed by atoms with Gasteiger partial charge in [-0.2, -0.15) is 0 Å². The zero-order chi connectivity index (χ0) is 22.8. The van der Waals surface area contributed by atoms with Crippen LogP contribution in [0.5, 0.6) is 0 Å². The number of imide groups is 1. The van der Waals surface area contributed by atoms with Gasteiger partial charge in [0.05, 0.1) is 27.4 Å². The van der Waals surface area contributed by atoms with Crippen molar-refractivity contribution >= 4 is 46.7 Å². The van der Waals surface area contributed by atoms with Crippen molar-refractivity contribution in [2.24, 2.45) is 0 Å². The van der Waals surface area contributed by atoms with Crippen LogP contribution in [0.3, 0.4) is 0 Å². The van der Waals surface area contributed by atoms with Gasteiger partial charge in [0.25, 0.3) is 17.7 Å². The van der Waals surface area contributed by atoms with E-state index in [2.05, 4.69) is 5.32 Å². The molecule has 3 aromatic rings. The first-order valence-electron chi connectivity index (χ1n) is 9.35. The van der Waals surface area contributed by atoms with Gasteiger partial charge < -0.3 is 10.1 Å². The normalized spacial score (nSPS) is 12.5. The summed E-state index contributed by atoms with van der Waals surface area (Å²) in [7, 11) is 0. The molecule has 0 bridgehead atoms. The number of carbonyl (C=O) groups excluding carboxylic acids is 4. The molecule has 4 rings (SSSR count). The van der Waals surface area contributed by atoms with E-state index in [0.717, 1.165) is 4.90 Å².